The Bertz CT molecular complexity index is 110. The molecule has 0 aliphatic heterocycles. The third kappa shape index (κ3) is 4.94. The average molecular weight is 182 g/mol. The first-order chi connectivity index (χ1) is 4.68. The summed E-state index contributed by atoms with van der Waals surface area (Å²) in [6.45, 7) is 0.753. The Morgan fingerprint density at radius 2 is 2.30 bits per heavy atom. The lowest BCUT2D eigenvalue weighted by Gasteiger charge is -2.11. The maximum atomic E-state index is 10.4. The summed E-state index contributed by atoms with van der Waals surface area (Å²) < 4.78 is 0. The molecule has 4 heteroatoms. The largest absolute Gasteiger partial charge is 0.332 e. The van der Waals surface area contributed by atoms with Crippen molar-refractivity contribution >= 4 is 28.7 Å². The fourth-order valence-corrected chi connectivity index (χ4v) is 1.04. The summed E-state index contributed by atoms with van der Waals surface area (Å²) in [6, 6.07) is 0. The number of hydrogen-bond acceptors (Lipinski definition) is 2. The molecule has 0 radical (unpaired) electrons. The standard InChI is InChI=1S/C6H12ClNOS/c1-8(6(7)9)4-3-5-10-2/h3-5H2,1-2H3. The molecule has 60 valence electrons. The molecule has 0 saturated heterocycles. The van der Waals surface area contributed by atoms with Crippen molar-refractivity contribution < 1.29 is 4.79 Å². The van der Waals surface area contributed by atoms with E-state index >= 15 is 0 Å². The van der Waals surface area contributed by atoms with Crippen LogP contribution in [0.2, 0.25) is 0 Å². The van der Waals surface area contributed by atoms with Crippen molar-refractivity contribution in [3.05, 3.63) is 0 Å². The average Bonchev–Trinajstić information content (AvgIpc) is 1.88. The molecule has 0 spiro atoms. The van der Waals surface area contributed by atoms with E-state index in [4.69, 9.17) is 11.6 Å². The third-order valence-corrected chi connectivity index (χ3v) is 2.13. The fourth-order valence-electron chi connectivity index (χ4n) is 0.534. The normalized spacial score (nSPS) is 9.50. The first-order valence-electron chi connectivity index (χ1n) is 3.08. The highest BCUT2D eigenvalue weighted by Crippen LogP contribution is 1.99. The number of nitrogens with zero attached hydrogens (tertiary/aromatic N) is 1. The van der Waals surface area contributed by atoms with Gasteiger partial charge in [-0.15, -0.1) is 0 Å². The third-order valence-electron chi connectivity index (χ3n) is 1.14. The zero-order chi connectivity index (χ0) is 7.98. The van der Waals surface area contributed by atoms with Crippen molar-refractivity contribution in [2.75, 3.05) is 25.6 Å². The van der Waals surface area contributed by atoms with E-state index in [1.54, 1.807) is 18.8 Å². The van der Waals surface area contributed by atoms with Gasteiger partial charge in [0.05, 0.1) is 0 Å². The first kappa shape index (κ1) is 10.1. The Kier molecular flexibility index (Phi) is 5.93. The highest BCUT2D eigenvalue weighted by molar-refractivity contribution is 7.98. The maximum Gasteiger partial charge on any atom is 0.316 e. The molecule has 0 unspecified atom stereocenters. The number of carbonyl (C=O) groups is 1. The van der Waals surface area contributed by atoms with Gasteiger partial charge in [0.25, 0.3) is 0 Å². The summed E-state index contributed by atoms with van der Waals surface area (Å²) in [5.74, 6) is 1.08. The number of amides is 1. The summed E-state index contributed by atoms with van der Waals surface area (Å²) in [5, 5.41) is -0.374. The molecule has 0 aromatic carbocycles. The van der Waals surface area contributed by atoms with Gasteiger partial charge in [0.15, 0.2) is 0 Å². The molecule has 0 aliphatic rings. The van der Waals surface area contributed by atoms with Crippen LogP contribution >= 0.6 is 23.4 Å². The second kappa shape index (κ2) is 5.86. The van der Waals surface area contributed by atoms with E-state index in [2.05, 4.69) is 0 Å². The van der Waals surface area contributed by atoms with E-state index in [0.717, 1.165) is 18.7 Å². The molecule has 1 amide bonds. The molecule has 10 heavy (non-hydrogen) atoms. The first-order valence-corrected chi connectivity index (χ1v) is 4.85. The van der Waals surface area contributed by atoms with Gasteiger partial charge in [-0.1, -0.05) is 0 Å². The molecule has 0 aromatic rings. The van der Waals surface area contributed by atoms with Crippen molar-refractivity contribution in [2.45, 2.75) is 6.42 Å². The minimum atomic E-state index is -0.374. The molecule has 0 rings (SSSR count). The summed E-state index contributed by atoms with van der Waals surface area (Å²) in [6.07, 6.45) is 3.05. The van der Waals surface area contributed by atoms with Gasteiger partial charge in [-0.2, -0.15) is 11.8 Å². The van der Waals surface area contributed by atoms with Crippen LogP contribution in [0.15, 0.2) is 0 Å². The van der Waals surface area contributed by atoms with Crippen LogP contribution in [-0.2, 0) is 0 Å². The van der Waals surface area contributed by atoms with Crippen LogP contribution in [-0.4, -0.2) is 35.9 Å². The van der Waals surface area contributed by atoms with E-state index in [-0.39, 0.29) is 5.37 Å². The summed E-state index contributed by atoms with van der Waals surface area (Å²) in [7, 11) is 1.70. The molecule has 0 aliphatic carbocycles. The topological polar surface area (TPSA) is 20.3 Å². The zero-order valence-corrected chi connectivity index (χ0v) is 7.84. The number of rotatable bonds is 4. The summed E-state index contributed by atoms with van der Waals surface area (Å²) in [5.41, 5.74) is 0. The van der Waals surface area contributed by atoms with Gasteiger partial charge < -0.3 is 4.90 Å². The summed E-state index contributed by atoms with van der Waals surface area (Å²) in [4.78, 5) is 11.9. The SMILES string of the molecule is CSCCCN(C)C(=O)Cl. The van der Waals surface area contributed by atoms with Crippen LogP contribution < -0.4 is 0 Å². The molecule has 0 N–H and O–H groups in total. The Morgan fingerprint density at radius 1 is 1.70 bits per heavy atom. The highest BCUT2D eigenvalue weighted by atomic mass is 35.5. The Balaban J connectivity index is 3.21. The smallest absolute Gasteiger partial charge is 0.316 e. The number of hydrogen-bond donors (Lipinski definition) is 0. The number of carbonyl (C=O) groups excluding carboxylic acids is 1. The molecule has 2 nitrogen and oxygen atoms in total. The maximum absolute atomic E-state index is 10.4. The molecular formula is C6H12ClNOS. The Morgan fingerprint density at radius 3 is 2.70 bits per heavy atom. The van der Waals surface area contributed by atoms with Crippen LogP contribution in [0.5, 0.6) is 0 Å². The predicted molar refractivity (Wildman–Crippen MR) is 46.9 cm³/mol. The van der Waals surface area contributed by atoms with Gasteiger partial charge in [-0.25, -0.2) is 0 Å². The van der Waals surface area contributed by atoms with Crippen LogP contribution in [0.4, 0.5) is 4.79 Å². The lowest BCUT2D eigenvalue weighted by atomic mass is 10.5. The second-order valence-electron chi connectivity index (χ2n) is 2.02. The van der Waals surface area contributed by atoms with E-state index in [0.29, 0.717) is 0 Å². The van der Waals surface area contributed by atoms with Crippen molar-refractivity contribution in [2.24, 2.45) is 0 Å². The minimum absolute atomic E-state index is 0.374. The molecule has 0 fully saturated rings. The van der Waals surface area contributed by atoms with Crippen molar-refractivity contribution in [1.29, 1.82) is 0 Å². The lowest BCUT2D eigenvalue weighted by Crippen LogP contribution is -2.22. The van der Waals surface area contributed by atoms with Crippen LogP contribution in [0, 0.1) is 0 Å². The van der Waals surface area contributed by atoms with Crippen LogP contribution in [0.25, 0.3) is 0 Å². The zero-order valence-electron chi connectivity index (χ0n) is 6.26. The fraction of sp³-hybridized carbons (Fsp3) is 0.833. The molecule has 0 saturated carbocycles. The Hall–Kier alpha value is 0.110. The highest BCUT2D eigenvalue weighted by Gasteiger charge is 2.01. The van der Waals surface area contributed by atoms with E-state index in [1.807, 2.05) is 6.26 Å². The van der Waals surface area contributed by atoms with E-state index < -0.39 is 0 Å². The Labute approximate surface area is 70.9 Å². The second-order valence-corrected chi connectivity index (χ2v) is 3.33. The number of halogens is 1. The van der Waals surface area contributed by atoms with Crippen molar-refractivity contribution in [3.8, 4) is 0 Å². The van der Waals surface area contributed by atoms with Crippen LogP contribution in [0.3, 0.4) is 0 Å². The van der Waals surface area contributed by atoms with E-state index in [1.165, 1.54) is 4.90 Å². The van der Waals surface area contributed by atoms with Crippen molar-refractivity contribution in [3.63, 3.8) is 0 Å². The predicted octanol–water partition coefficient (Wildman–Crippen LogP) is 2.03. The quantitative estimate of drug-likeness (QED) is 0.376. The van der Waals surface area contributed by atoms with Gasteiger partial charge in [-0.3, -0.25) is 4.79 Å². The summed E-state index contributed by atoms with van der Waals surface area (Å²) >= 11 is 6.96. The number of thioether (sulfide) groups is 1. The van der Waals surface area contributed by atoms with Gasteiger partial charge in [-0.05, 0) is 30.0 Å². The monoisotopic (exact) mass is 181 g/mol. The minimum Gasteiger partial charge on any atom is -0.332 e. The molecule has 0 bridgehead atoms. The van der Waals surface area contributed by atoms with E-state index in [9.17, 15) is 4.79 Å². The van der Waals surface area contributed by atoms with Gasteiger partial charge in [0.2, 0.25) is 0 Å². The lowest BCUT2D eigenvalue weighted by molar-refractivity contribution is 0.232. The molecule has 0 heterocycles. The molecular weight excluding hydrogens is 170 g/mol. The van der Waals surface area contributed by atoms with Gasteiger partial charge >= 0.3 is 5.37 Å². The molecule has 0 atom stereocenters. The van der Waals surface area contributed by atoms with Gasteiger partial charge in [0, 0.05) is 13.6 Å². The molecule has 0 aromatic heterocycles. The van der Waals surface area contributed by atoms with Crippen molar-refractivity contribution in [1.82, 2.24) is 4.90 Å². The van der Waals surface area contributed by atoms with Gasteiger partial charge in [0.1, 0.15) is 0 Å². The van der Waals surface area contributed by atoms with Crippen LogP contribution in [0.1, 0.15) is 6.42 Å².